The Morgan fingerprint density at radius 2 is 1.23 bits per heavy atom. The number of hydrogen-bond acceptors (Lipinski definition) is 6. The highest BCUT2D eigenvalue weighted by Crippen LogP contribution is 2.42. The molecule has 0 aliphatic carbocycles. The van der Waals surface area contributed by atoms with Crippen LogP contribution in [0, 0.1) is 0 Å². The van der Waals surface area contributed by atoms with E-state index in [0.29, 0.717) is 34.9 Å². The Morgan fingerprint density at radius 3 is 1.74 bits per heavy atom. The summed E-state index contributed by atoms with van der Waals surface area (Å²) in [7, 11) is 4.67. The van der Waals surface area contributed by atoms with Gasteiger partial charge in [0.2, 0.25) is 0 Å². The second-order valence-electron chi connectivity index (χ2n) is 11.4. The zero-order chi connectivity index (χ0) is 31.0. The predicted octanol–water partition coefficient (Wildman–Crippen LogP) is 8.62. The molecule has 0 radical (unpaired) electrons. The fourth-order valence-corrected chi connectivity index (χ4v) is 5.86. The molecule has 0 unspecified atom stereocenters. The summed E-state index contributed by atoms with van der Waals surface area (Å²) >= 11 is 0. The van der Waals surface area contributed by atoms with Gasteiger partial charge >= 0.3 is 0 Å². The molecule has 1 saturated heterocycles. The van der Waals surface area contributed by atoms with E-state index in [1.165, 1.54) is 70.6 Å². The Labute approximate surface area is 258 Å². The van der Waals surface area contributed by atoms with E-state index in [2.05, 4.69) is 6.92 Å². The van der Waals surface area contributed by atoms with Gasteiger partial charge in [-0.3, -0.25) is 9.59 Å². The van der Waals surface area contributed by atoms with Crippen LogP contribution in [0.5, 0.6) is 17.2 Å². The van der Waals surface area contributed by atoms with Gasteiger partial charge < -0.3 is 24.2 Å². The number of nitrogens with zero attached hydrogens (tertiary/aromatic N) is 1. The third-order valence-corrected chi connectivity index (χ3v) is 8.38. The fraction of sp³-hybridized carbons (Fsp3) is 0.556. The zero-order valence-electron chi connectivity index (χ0n) is 26.7. The highest BCUT2D eigenvalue weighted by molar-refractivity contribution is 6.46. The smallest absolute Gasteiger partial charge is 0.295 e. The van der Waals surface area contributed by atoms with E-state index < -0.39 is 17.7 Å². The van der Waals surface area contributed by atoms with Crippen molar-refractivity contribution in [1.29, 1.82) is 0 Å². The molecule has 236 valence electrons. The summed E-state index contributed by atoms with van der Waals surface area (Å²) in [6, 6.07) is 11.4. The minimum Gasteiger partial charge on any atom is -0.507 e. The lowest BCUT2D eigenvalue weighted by molar-refractivity contribution is -0.139. The average Bonchev–Trinajstić information content (AvgIpc) is 3.29. The lowest BCUT2D eigenvalue weighted by atomic mass is 9.94. The summed E-state index contributed by atoms with van der Waals surface area (Å²) in [4.78, 5) is 28.3. The number of methoxy groups -OCH3 is 3. The van der Waals surface area contributed by atoms with E-state index >= 15 is 0 Å². The third-order valence-electron chi connectivity index (χ3n) is 8.38. The number of ketones is 1. The van der Waals surface area contributed by atoms with Crippen LogP contribution in [0.4, 0.5) is 0 Å². The second kappa shape index (κ2) is 18.2. The van der Waals surface area contributed by atoms with E-state index in [9.17, 15) is 14.7 Å². The summed E-state index contributed by atoms with van der Waals surface area (Å²) in [5.41, 5.74) is 1.20. The first kappa shape index (κ1) is 34.0. The Bertz CT molecular complexity index is 1190. The van der Waals surface area contributed by atoms with Crippen LogP contribution in [0.25, 0.3) is 5.76 Å². The van der Waals surface area contributed by atoms with Gasteiger partial charge in [-0.05, 0) is 48.4 Å². The van der Waals surface area contributed by atoms with Crippen molar-refractivity contribution in [3.63, 3.8) is 0 Å². The van der Waals surface area contributed by atoms with Crippen molar-refractivity contribution in [3.8, 4) is 17.2 Å². The maximum Gasteiger partial charge on any atom is 0.295 e. The topological polar surface area (TPSA) is 85.3 Å². The highest BCUT2D eigenvalue weighted by Gasteiger charge is 2.46. The van der Waals surface area contributed by atoms with E-state index in [4.69, 9.17) is 14.2 Å². The number of Topliss-reactive ketones (excluding diaryl/α,β-unsaturated/α-hetero) is 1. The van der Waals surface area contributed by atoms with Gasteiger partial charge in [0.15, 0.2) is 11.5 Å². The van der Waals surface area contributed by atoms with Gasteiger partial charge in [-0.2, -0.15) is 0 Å². The molecule has 7 nitrogen and oxygen atoms in total. The van der Waals surface area contributed by atoms with E-state index in [1.807, 2.05) is 6.07 Å². The molecule has 7 heteroatoms. The van der Waals surface area contributed by atoms with E-state index in [0.717, 1.165) is 19.3 Å². The van der Waals surface area contributed by atoms with Crippen molar-refractivity contribution >= 4 is 17.4 Å². The summed E-state index contributed by atoms with van der Waals surface area (Å²) in [5, 5.41) is 11.3. The first-order chi connectivity index (χ1) is 21.0. The largest absolute Gasteiger partial charge is 0.507 e. The molecule has 1 amide bonds. The predicted molar refractivity (Wildman–Crippen MR) is 172 cm³/mol. The number of rotatable bonds is 20. The number of benzene rings is 2. The lowest BCUT2D eigenvalue weighted by Crippen LogP contribution is -2.30. The fourth-order valence-electron chi connectivity index (χ4n) is 5.86. The van der Waals surface area contributed by atoms with Crippen LogP contribution in [-0.4, -0.2) is 49.6 Å². The van der Waals surface area contributed by atoms with Gasteiger partial charge in [-0.1, -0.05) is 96.5 Å². The first-order valence-corrected chi connectivity index (χ1v) is 16.1. The monoisotopic (exact) mass is 593 g/mol. The number of amides is 1. The highest BCUT2D eigenvalue weighted by atomic mass is 16.5. The molecular weight excluding hydrogens is 542 g/mol. The van der Waals surface area contributed by atoms with Crippen molar-refractivity contribution in [1.82, 2.24) is 4.90 Å². The number of aliphatic hydroxyl groups excluding tert-OH is 1. The molecule has 1 fully saturated rings. The van der Waals surface area contributed by atoms with Gasteiger partial charge in [-0.15, -0.1) is 0 Å². The standard InChI is InChI=1S/C36H51NO6/c1-5-6-7-8-9-10-11-12-13-14-15-16-17-18-25-37-33(28-21-24-30(42-3)31(26-28)43-4)32(35(39)36(37)40)34(38)27-19-22-29(41-2)23-20-27/h19-24,26,33,38H,5-18,25H2,1-4H3/b34-32-/t33-/m1/s1. The molecule has 1 aliphatic rings. The van der Waals surface area contributed by atoms with Gasteiger partial charge in [0.25, 0.3) is 11.7 Å². The van der Waals surface area contributed by atoms with Crippen LogP contribution in [-0.2, 0) is 9.59 Å². The quantitative estimate of drug-likeness (QED) is 0.0716. The summed E-state index contributed by atoms with van der Waals surface area (Å²) in [6.45, 7) is 2.69. The molecule has 1 heterocycles. The Kier molecular flexibility index (Phi) is 14.4. The molecular formula is C36H51NO6. The summed E-state index contributed by atoms with van der Waals surface area (Å²) in [5.74, 6) is 0.190. The minimum atomic E-state index is -0.733. The van der Waals surface area contributed by atoms with Crippen LogP contribution in [0.15, 0.2) is 48.0 Å². The number of likely N-dealkylation sites (tertiary alicyclic amines) is 1. The van der Waals surface area contributed by atoms with Crippen LogP contribution >= 0.6 is 0 Å². The number of aliphatic hydroxyl groups is 1. The van der Waals surface area contributed by atoms with Crippen LogP contribution < -0.4 is 14.2 Å². The summed E-state index contributed by atoms with van der Waals surface area (Å²) in [6.07, 6.45) is 17.4. The van der Waals surface area contributed by atoms with E-state index in [1.54, 1.807) is 62.6 Å². The van der Waals surface area contributed by atoms with Crippen molar-refractivity contribution in [2.75, 3.05) is 27.9 Å². The first-order valence-electron chi connectivity index (χ1n) is 16.1. The maximum atomic E-state index is 13.4. The molecule has 1 atom stereocenters. The molecule has 3 rings (SSSR count). The SMILES string of the molecule is CCCCCCCCCCCCCCCCN1C(=O)C(=O)/C(=C(\O)c2ccc(OC)cc2)[C@H]1c1ccc(OC)c(OC)c1. The third kappa shape index (κ3) is 9.50. The Morgan fingerprint density at radius 1 is 0.698 bits per heavy atom. The number of ether oxygens (including phenoxy) is 3. The van der Waals surface area contributed by atoms with Crippen LogP contribution in [0.3, 0.4) is 0 Å². The lowest BCUT2D eigenvalue weighted by Gasteiger charge is -2.26. The Hall–Kier alpha value is -3.48. The molecule has 2 aromatic carbocycles. The molecule has 0 saturated carbocycles. The van der Waals surface area contributed by atoms with Crippen molar-refractivity contribution in [2.45, 2.75) is 103 Å². The van der Waals surface area contributed by atoms with Crippen molar-refractivity contribution < 1.29 is 28.9 Å². The molecule has 1 N–H and O–H groups in total. The summed E-state index contributed by atoms with van der Waals surface area (Å²) < 4.78 is 16.1. The molecule has 0 aromatic heterocycles. The van der Waals surface area contributed by atoms with Crippen molar-refractivity contribution in [3.05, 3.63) is 59.2 Å². The number of carbonyl (C=O) groups is 2. The maximum absolute atomic E-state index is 13.4. The molecule has 0 bridgehead atoms. The van der Waals surface area contributed by atoms with Gasteiger partial charge in [-0.25, -0.2) is 0 Å². The number of hydrogen-bond donors (Lipinski definition) is 1. The normalized spacial score (nSPS) is 16.1. The van der Waals surface area contributed by atoms with Crippen LogP contribution in [0.2, 0.25) is 0 Å². The van der Waals surface area contributed by atoms with Crippen molar-refractivity contribution in [2.24, 2.45) is 0 Å². The Balaban J connectivity index is 1.63. The molecule has 43 heavy (non-hydrogen) atoms. The molecule has 2 aromatic rings. The second-order valence-corrected chi connectivity index (χ2v) is 11.4. The number of carbonyl (C=O) groups excluding carboxylic acids is 2. The van der Waals surface area contributed by atoms with Gasteiger partial charge in [0.05, 0.1) is 32.9 Å². The van der Waals surface area contributed by atoms with Crippen LogP contribution in [0.1, 0.15) is 114 Å². The molecule has 1 aliphatic heterocycles. The van der Waals surface area contributed by atoms with E-state index in [-0.39, 0.29) is 11.3 Å². The van der Waals surface area contributed by atoms with Gasteiger partial charge in [0.1, 0.15) is 11.5 Å². The average molecular weight is 594 g/mol. The minimum absolute atomic E-state index is 0.0766. The number of unbranched alkanes of at least 4 members (excludes halogenated alkanes) is 13. The molecule has 0 spiro atoms. The van der Waals surface area contributed by atoms with Gasteiger partial charge in [0, 0.05) is 12.1 Å². The zero-order valence-corrected chi connectivity index (χ0v) is 26.7.